The summed E-state index contributed by atoms with van der Waals surface area (Å²) in [4.78, 5) is 21.6. The molecule has 0 saturated carbocycles. The first-order valence-corrected chi connectivity index (χ1v) is 9.04. The molecular weight excluding hydrogens is 352 g/mol. The molecular formula is C19H21ClN4O2. The van der Waals surface area contributed by atoms with Gasteiger partial charge in [-0.2, -0.15) is 5.10 Å². The molecule has 3 heterocycles. The predicted octanol–water partition coefficient (Wildman–Crippen LogP) is 4.47. The fourth-order valence-corrected chi connectivity index (χ4v) is 3.20. The molecule has 0 aliphatic heterocycles. The molecule has 3 aromatic heterocycles. The second-order valence-corrected chi connectivity index (χ2v) is 6.57. The minimum absolute atomic E-state index is 0.0371. The van der Waals surface area contributed by atoms with Gasteiger partial charge in [0.25, 0.3) is 0 Å². The molecule has 0 aliphatic carbocycles. The highest BCUT2D eigenvalue weighted by molar-refractivity contribution is 6.29. The number of halogens is 1. The molecule has 0 amide bonds. The Hall–Kier alpha value is -2.47. The van der Waals surface area contributed by atoms with Crippen molar-refractivity contribution < 1.29 is 9.53 Å². The smallest absolute Gasteiger partial charge is 0.340 e. The molecule has 3 aromatic rings. The largest absolute Gasteiger partial charge is 0.462 e. The predicted molar refractivity (Wildman–Crippen MR) is 101 cm³/mol. The molecule has 136 valence electrons. The van der Waals surface area contributed by atoms with Crippen LogP contribution in [-0.2, 0) is 11.3 Å². The van der Waals surface area contributed by atoms with Crippen molar-refractivity contribution in [2.24, 2.45) is 0 Å². The molecule has 0 bridgehead atoms. The monoisotopic (exact) mass is 372 g/mol. The molecule has 3 rings (SSSR count). The highest BCUT2D eigenvalue weighted by atomic mass is 35.5. The molecule has 0 unspecified atom stereocenters. The lowest BCUT2D eigenvalue weighted by Gasteiger charge is -2.17. The normalized spacial score (nSPS) is 11.3. The van der Waals surface area contributed by atoms with Gasteiger partial charge in [-0.05, 0) is 37.5 Å². The van der Waals surface area contributed by atoms with Gasteiger partial charge in [-0.1, -0.05) is 25.4 Å². The number of rotatable bonds is 5. The van der Waals surface area contributed by atoms with E-state index in [1.807, 2.05) is 31.5 Å². The van der Waals surface area contributed by atoms with Crippen LogP contribution in [0.4, 0.5) is 0 Å². The Balaban J connectivity index is 2.45. The van der Waals surface area contributed by atoms with Crippen molar-refractivity contribution in [1.29, 1.82) is 0 Å². The third-order valence-electron chi connectivity index (χ3n) is 4.15. The van der Waals surface area contributed by atoms with E-state index in [2.05, 4.69) is 10.1 Å². The van der Waals surface area contributed by atoms with Gasteiger partial charge in [-0.25, -0.2) is 19.4 Å². The molecule has 0 aliphatic rings. The molecule has 7 heteroatoms. The van der Waals surface area contributed by atoms with Gasteiger partial charge in [0.2, 0.25) is 0 Å². The molecule has 0 aromatic carbocycles. The molecule has 0 N–H and O–H groups in total. The summed E-state index contributed by atoms with van der Waals surface area (Å²) in [5.74, 6) is -0.354. The first-order valence-electron chi connectivity index (χ1n) is 8.66. The second-order valence-electron chi connectivity index (χ2n) is 6.19. The van der Waals surface area contributed by atoms with E-state index in [1.54, 1.807) is 25.4 Å². The highest BCUT2D eigenvalue weighted by Crippen LogP contribution is 2.36. The summed E-state index contributed by atoms with van der Waals surface area (Å²) in [6.45, 7) is 8.78. The van der Waals surface area contributed by atoms with Crippen molar-refractivity contribution in [1.82, 2.24) is 19.7 Å². The summed E-state index contributed by atoms with van der Waals surface area (Å²) < 4.78 is 7.16. The third-order valence-corrected chi connectivity index (χ3v) is 4.36. The lowest BCUT2D eigenvalue weighted by Crippen LogP contribution is -2.14. The van der Waals surface area contributed by atoms with Crippen LogP contribution in [0.5, 0.6) is 0 Å². The highest BCUT2D eigenvalue weighted by Gasteiger charge is 2.26. The Morgan fingerprint density at radius 3 is 2.73 bits per heavy atom. The van der Waals surface area contributed by atoms with Gasteiger partial charge >= 0.3 is 5.97 Å². The van der Waals surface area contributed by atoms with Gasteiger partial charge < -0.3 is 4.74 Å². The molecule has 0 radical (unpaired) electrons. The Kier molecular flexibility index (Phi) is 5.23. The molecule has 0 atom stereocenters. The van der Waals surface area contributed by atoms with Crippen LogP contribution in [0.15, 0.2) is 24.5 Å². The lowest BCUT2D eigenvalue weighted by molar-refractivity contribution is 0.0525. The van der Waals surface area contributed by atoms with Gasteiger partial charge in [-0.3, -0.25) is 0 Å². The van der Waals surface area contributed by atoms with Crippen LogP contribution in [0, 0.1) is 0 Å². The summed E-state index contributed by atoms with van der Waals surface area (Å²) >= 11 is 6.11. The molecule has 0 fully saturated rings. The quantitative estimate of drug-likeness (QED) is 0.488. The van der Waals surface area contributed by atoms with E-state index in [-0.39, 0.29) is 5.92 Å². The zero-order valence-corrected chi connectivity index (χ0v) is 16.0. The maximum atomic E-state index is 12.8. The van der Waals surface area contributed by atoms with Gasteiger partial charge in [0.1, 0.15) is 5.15 Å². The van der Waals surface area contributed by atoms with E-state index < -0.39 is 5.97 Å². The zero-order chi connectivity index (χ0) is 18.8. The number of ether oxygens (including phenoxy) is 1. The lowest BCUT2D eigenvalue weighted by atomic mass is 9.93. The number of carbonyl (C=O) groups excluding carboxylic acids is 1. The van der Waals surface area contributed by atoms with E-state index in [1.165, 1.54) is 0 Å². The molecule has 6 nitrogen and oxygen atoms in total. The Morgan fingerprint density at radius 2 is 2.12 bits per heavy atom. The van der Waals surface area contributed by atoms with Crippen molar-refractivity contribution in [3.8, 4) is 11.1 Å². The molecule has 0 saturated heterocycles. The number of nitrogens with zero attached hydrogens (tertiary/aromatic N) is 4. The Bertz CT molecular complexity index is 966. The van der Waals surface area contributed by atoms with Crippen LogP contribution in [0.1, 0.15) is 49.7 Å². The van der Waals surface area contributed by atoms with E-state index in [0.717, 1.165) is 22.2 Å². The number of pyridine rings is 2. The number of carbonyl (C=O) groups is 1. The van der Waals surface area contributed by atoms with Crippen molar-refractivity contribution in [2.45, 2.75) is 40.2 Å². The average Bonchev–Trinajstić information content (AvgIpc) is 3.02. The van der Waals surface area contributed by atoms with Crippen molar-refractivity contribution in [3.63, 3.8) is 0 Å². The molecule has 26 heavy (non-hydrogen) atoms. The van der Waals surface area contributed by atoms with Crippen LogP contribution in [0.2, 0.25) is 5.15 Å². The summed E-state index contributed by atoms with van der Waals surface area (Å²) in [6, 6.07) is 3.57. The van der Waals surface area contributed by atoms with Gasteiger partial charge in [0.05, 0.1) is 24.1 Å². The fraction of sp³-hybridized carbons (Fsp3) is 0.368. The number of aryl methyl sites for hydroxylation is 1. The standard InChI is InChI=1S/C19H21ClN4O2/c1-5-24-18-13(10-22-24)15(12-7-8-21-14(20)9-12)16(19(25)26-6-2)17(23-18)11(3)4/h7-11H,5-6H2,1-4H3. The minimum Gasteiger partial charge on any atom is -0.462 e. The van der Waals surface area contributed by atoms with Crippen molar-refractivity contribution >= 4 is 28.6 Å². The van der Waals surface area contributed by atoms with Crippen molar-refractivity contribution in [2.75, 3.05) is 6.61 Å². The number of aromatic nitrogens is 4. The molecule has 0 spiro atoms. The van der Waals surface area contributed by atoms with E-state index >= 15 is 0 Å². The van der Waals surface area contributed by atoms with Crippen LogP contribution in [-0.4, -0.2) is 32.3 Å². The first-order chi connectivity index (χ1) is 12.5. The number of fused-ring (bicyclic) bond motifs is 1. The summed E-state index contributed by atoms with van der Waals surface area (Å²) in [5, 5.41) is 5.57. The number of hydrogen-bond donors (Lipinski definition) is 0. The van der Waals surface area contributed by atoms with Gasteiger partial charge in [-0.15, -0.1) is 0 Å². The average molecular weight is 373 g/mol. The summed E-state index contributed by atoms with van der Waals surface area (Å²) in [7, 11) is 0. The summed E-state index contributed by atoms with van der Waals surface area (Å²) in [5.41, 5.74) is 3.42. The Morgan fingerprint density at radius 1 is 1.35 bits per heavy atom. The van der Waals surface area contributed by atoms with Crippen LogP contribution in [0.3, 0.4) is 0 Å². The van der Waals surface area contributed by atoms with Crippen LogP contribution in [0.25, 0.3) is 22.2 Å². The number of hydrogen-bond acceptors (Lipinski definition) is 5. The van der Waals surface area contributed by atoms with Crippen LogP contribution < -0.4 is 0 Å². The van der Waals surface area contributed by atoms with E-state index in [9.17, 15) is 4.79 Å². The number of esters is 1. The second kappa shape index (κ2) is 7.41. The van der Waals surface area contributed by atoms with E-state index in [0.29, 0.717) is 29.6 Å². The zero-order valence-electron chi connectivity index (χ0n) is 15.3. The topological polar surface area (TPSA) is 69.9 Å². The SMILES string of the molecule is CCOC(=O)c1c(C(C)C)nc2c(cnn2CC)c1-c1ccnc(Cl)c1. The van der Waals surface area contributed by atoms with Crippen molar-refractivity contribution in [3.05, 3.63) is 40.9 Å². The Labute approximate surface area is 157 Å². The maximum Gasteiger partial charge on any atom is 0.340 e. The van der Waals surface area contributed by atoms with Gasteiger partial charge in [0, 0.05) is 23.7 Å². The first kappa shape index (κ1) is 18.3. The fourth-order valence-electron chi connectivity index (χ4n) is 3.02. The van der Waals surface area contributed by atoms with Gasteiger partial charge in [0.15, 0.2) is 5.65 Å². The third kappa shape index (κ3) is 3.17. The summed E-state index contributed by atoms with van der Waals surface area (Å²) in [6.07, 6.45) is 3.36. The van der Waals surface area contributed by atoms with Crippen LogP contribution >= 0.6 is 11.6 Å². The van der Waals surface area contributed by atoms with E-state index in [4.69, 9.17) is 21.3 Å². The maximum absolute atomic E-state index is 12.8. The minimum atomic E-state index is -0.391.